The molecule has 1 aromatic heterocycles. The van der Waals surface area contributed by atoms with Crippen LogP contribution in [-0.2, 0) is 19.1 Å². The van der Waals surface area contributed by atoms with Crippen LogP contribution in [0.3, 0.4) is 0 Å². The molecule has 0 amide bonds. The molecule has 4 fully saturated rings. The van der Waals surface area contributed by atoms with Crippen LogP contribution in [0.1, 0.15) is 85.1 Å². The summed E-state index contributed by atoms with van der Waals surface area (Å²) in [7, 11) is 0. The van der Waals surface area contributed by atoms with E-state index in [1.807, 2.05) is 13.2 Å². The minimum Gasteiger partial charge on any atom is -0.472 e. The van der Waals surface area contributed by atoms with E-state index in [-0.39, 0.29) is 41.0 Å². The summed E-state index contributed by atoms with van der Waals surface area (Å²) >= 11 is 0. The van der Waals surface area contributed by atoms with Crippen LogP contribution in [0, 0.1) is 39.4 Å². The van der Waals surface area contributed by atoms with Gasteiger partial charge in [-0.3, -0.25) is 9.59 Å². The van der Waals surface area contributed by atoms with Gasteiger partial charge in [-0.25, -0.2) is 0 Å². The van der Waals surface area contributed by atoms with Crippen molar-refractivity contribution in [3.05, 3.63) is 35.8 Å². The number of ether oxygens (including phenoxy) is 2. The summed E-state index contributed by atoms with van der Waals surface area (Å²) in [6.45, 7) is 12.9. The van der Waals surface area contributed by atoms with E-state index >= 15 is 0 Å². The molecule has 6 rings (SSSR count). The second kappa shape index (κ2) is 8.05. The van der Waals surface area contributed by atoms with Gasteiger partial charge in [0.05, 0.1) is 31.3 Å². The monoisotopic (exact) mass is 510 g/mol. The van der Waals surface area contributed by atoms with E-state index in [1.54, 1.807) is 6.26 Å². The number of esters is 1. The van der Waals surface area contributed by atoms with Crippen molar-refractivity contribution in [3.8, 4) is 0 Å². The zero-order valence-corrected chi connectivity index (χ0v) is 23.1. The molecular formula is C31H42O6. The number of aliphatic hydroxyl groups excluding tert-OH is 1. The van der Waals surface area contributed by atoms with Crippen LogP contribution in [0.2, 0.25) is 0 Å². The maximum atomic E-state index is 13.3. The number of hydrogen-bond acceptors (Lipinski definition) is 6. The van der Waals surface area contributed by atoms with E-state index in [2.05, 4.69) is 39.8 Å². The highest BCUT2D eigenvalue weighted by molar-refractivity contribution is 5.82. The minimum atomic E-state index is -0.695. The van der Waals surface area contributed by atoms with Gasteiger partial charge in [-0.2, -0.15) is 0 Å². The van der Waals surface area contributed by atoms with Gasteiger partial charge in [-0.15, -0.1) is 0 Å². The lowest BCUT2D eigenvalue weighted by Gasteiger charge is -2.69. The maximum Gasteiger partial charge on any atom is 0.302 e. The van der Waals surface area contributed by atoms with Crippen LogP contribution in [0.25, 0.3) is 0 Å². The van der Waals surface area contributed by atoms with Crippen molar-refractivity contribution in [2.75, 3.05) is 6.61 Å². The lowest BCUT2D eigenvalue weighted by molar-refractivity contribution is -0.253. The largest absolute Gasteiger partial charge is 0.472 e. The van der Waals surface area contributed by atoms with Crippen molar-refractivity contribution in [2.45, 2.75) is 97.9 Å². The number of rotatable bonds is 4. The molecule has 6 nitrogen and oxygen atoms in total. The third-order valence-electron chi connectivity index (χ3n) is 12.1. The van der Waals surface area contributed by atoms with E-state index in [9.17, 15) is 14.7 Å². The molecule has 1 saturated heterocycles. The predicted molar refractivity (Wildman–Crippen MR) is 137 cm³/mol. The van der Waals surface area contributed by atoms with Gasteiger partial charge in [0.2, 0.25) is 0 Å². The summed E-state index contributed by atoms with van der Waals surface area (Å²) in [5.41, 5.74) is 1.11. The molecule has 1 aliphatic heterocycles. The first-order valence-corrected chi connectivity index (χ1v) is 14.2. The Bertz CT molecular complexity index is 1140. The number of furan rings is 1. The molecule has 3 saturated carbocycles. The molecule has 11 atom stereocenters. The Morgan fingerprint density at radius 1 is 1.22 bits per heavy atom. The van der Waals surface area contributed by atoms with Gasteiger partial charge in [0.1, 0.15) is 11.9 Å². The number of aliphatic hydroxyl groups is 1. The van der Waals surface area contributed by atoms with Crippen molar-refractivity contribution in [1.29, 1.82) is 0 Å². The van der Waals surface area contributed by atoms with Crippen molar-refractivity contribution in [2.24, 2.45) is 39.4 Å². The summed E-state index contributed by atoms with van der Waals surface area (Å²) in [6, 6.07) is 2.07. The lowest BCUT2D eigenvalue weighted by Crippen LogP contribution is -2.72. The standard InChI is InChI=1S/C31H42O6/c1-7-21(33)20-14-24(37-17(2)32)31(6)23-10-12-28(3)19(18-11-13-35-15-18)8-9-22(28)30(23,5)27(34)25-26(31)29(20,4)16-36-25/h9,11,13,15,19-20,23-27,34H,7-8,10,12,14,16H2,1-6H3/t19-,20-,23-,24-,25+,26-,27+,28+,29+,30-,31-/m0/s1. The molecule has 0 aromatic carbocycles. The fraction of sp³-hybridized carbons (Fsp3) is 0.742. The number of fused-ring (bicyclic) bond motifs is 4. The second-order valence-corrected chi connectivity index (χ2v) is 13.5. The Morgan fingerprint density at radius 3 is 2.62 bits per heavy atom. The molecule has 0 spiro atoms. The molecule has 6 heteroatoms. The fourth-order valence-electron chi connectivity index (χ4n) is 10.6. The van der Waals surface area contributed by atoms with E-state index in [1.165, 1.54) is 18.1 Å². The van der Waals surface area contributed by atoms with Crippen LogP contribution in [0.15, 0.2) is 34.7 Å². The van der Waals surface area contributed by atoms with E-state index in [0.717, 1.165) is 19.3 Å². The Labute approximate surface area is 220 Å². The van der Waals surface area contributed by atoms with Gasteiger partial charge in [-0.05, 0) is 54.6 Å². The van der Waals surface area contributed by atoms with E-state index in [0.29, 0.717) is 25.4 Å². The Hall–Kier alpha value is -1.92. The van der Waals surface area contributed by atoms with E-state index < -0.39 is 28.5 Å². The molecule has 0 radical (unpaired) electrons. The minimum absolute atomic E-state index is 0.0669. The Kier molecular flexibility index (Phi) is 5.52. The summed E-state index contributed by atoms with van der Waals surface area (Å²) in [5.74, 6) is -0.00217. The first kappa shape index (κ1) is 25.4. The van der Waals surface area contributed by atoms with E-state index in [4.69, 9.17) is 13.9 Å². The fourth-order valence-corrected chi connectivity index (χ4v) is 10.6. The first-order chi connectivity index (χ1) is 17.4. The highest BCUT2D eigenvalue weighted by Crippen LogP contribution is 2.76. The number of carbonyl (C=O) groups excluding carboxylic acids is 2. The molecule has 2 heterocycles. The lowest BCUT2D eigenvalue weighted by atomic mass is 9.35. The first-order valence-electron chi connectivity index (χ1n) is 14.2. The molecule has 202 valence electrons. The smallest absolute Gasteiger partial charge is 0.302 e. The Morgan fingerprint density at radius 2 is 1.97 bits per heavy atom. The molecule has 5 aliphatic rings. The average Bonchev–Trinajstić information content (AvgIpc) is 3.57. The number of allylic oxidation sites excluding steroid dienone is 1. The topological polar surface area (TPSA) is 86.0 Å². The zero-order valence-electron chi connectivity index (χ0n) is 23.1. The average molecular weight is 511 g/mol. The van der Waals surface area contributed by atoms with Crippen LogP contribution >= 0.6 is 0 Å². The second-order valence-electron chi connectivity index (χ2n) is 13.5. The third kappa shape index (κ3) is 3.00. The summed E-state index contributed by atoms with van der Waals surface area (Å²) in [4.78, 5) is 25.7. The summed E-state index contributed by atoms with van der Waals surface area (Å²) in [6.07, 6.45) is 8.32. The van der Waals surface area contributed by atoms with Crippen LogP contribution in [-0.4, -0.2) is 41.8 Å². The van der Waals surface area contributed by atoms with Crippen molar-refractivity contribution in [3.63, 3.8) is 0 Å². The molecule has 0 unspecified atom stereocenters. The molecular weight excluding hydrogens is 468 g/mol. The van der Waals surface area contributed by atoms with Gasteiger partial charge in [-0.1, -0.05) is 46.3 Å². The number of hydrogen-bond donors (Lipinski definition) is 1. The normalized spacial score (nSPS) is 50.0. The molecule has 1 aromatic rings. The predicted octanol–water partition coefficient (Wildman–Crippen LogP) is 5.45. The van der Waals surface area contributed by atoms with Crippen LogP contribution in [0.4, 0.5) is 0 Å². The highest BCUT2D eigenvalue weighted by atomic mass is 16.5. The maximum absolute atomic E-state index is 13.3. The molecule has 4 aliphatic carbocycles. The van der Waals surface area contributed by atoms with Gasteiger partial charge in [0.15, 0.2) is 0 Å². The van der Waals surface area contributed by atoms with Gasteiger partial charge < -0.3 is 19.0 Å². The number of Topliss-reactive ketones (excluding diaryl/α,β-unsaturated/α-hetero) is 1. The van der Waals surface area contributed by atoms with Crippen molar-refractivity contribution < 1.29 is 28.6 Å². The molecule has 1 N–H and O–H groups in total. The van der Waals surface area contributed by atoms with Gasteiger partial charge in [0.25, 0.3) is 0 Å². The Balaban J connectivity index is 1.49. The summed E-state index contributed by atoms with van der Waals surface area (Å²) < 4.78 is 18.1. The third-order valence-corrected chi connectivity index (χ3v) is 12.1. The van der Waals surface area contributed by atoms with Gasteiger partial charge in [0, 0.05) is 41.4 Å². The summed E-state index contributed by atoms with van der Waals surface area (Å²) in [5, 5.41) is 12.3. The highest BCUT2D eigenvalue weighted by Gasteiger charge is 2.77. The number of ketones is 1. The van der Waals surface area contributed by atoms with Crippen molar-refractivity contribution >= 4 is 11.8 Å². The van der Waals surface area contributed by atoms with Crippen LogP contribution < -0.4 is 0 Å². The molecule has 37 heavy (non-hydrogen) atoms. The quantitative estimate of drug-likeness (QED) is 0.428. The SMILES string of the molecule is CCC(=O)[C@@H]1C[C@H](OC(C)=O)[C@@]2(C)[C@H]3[C@@H](OC[C@]13C)[C@@H](O)[C@@]1(C)C3=CC[C@@H](c4ccoc4)[C@@]3(C)CC[C@@H]12. The van der Waals surface area contributed by atoms with Gasteiger partial charge >= 0.3 is 5.97 Å². The van der Waals surface area contributed by atoms with Crippen LogP contribution in [0.5, 0.6) is 0 Å². The zero-order chi connectivity index (χ0) is 26.5. The number of carbonyl (C=O) groups is 2. The molecule has 0 bridgehead atoms. The van der Waals surface area contributed by atoms with Crippen molar-refractivity contribution in [1.82, 2.24) is 0 Å².